The molecule has 0 radical (unpaired) electrons. The molecule has 4 aromatic rings. The van der Waals surface area contributed by atoms with Crippen molar-refractivity contribution in [2.75, 3.05) is 6.61 Å². The van der Waals surface area contributed by atoms with Crippen molar-refractivity contribution in [3.8, 4) is 28.3 Å². The lowest BCUT2D eigenvalue weighted by molar-refractivity contribution is 0.0696. The van der Waals surface area contributed by atoms with Gasteiger partial charge in [-0.25, -0.2) is 14.2 Å². The molecule has 3 N–H and O–H groups in total. The molecule has 4 rings (SSSR count). The maximum absolute atomic E-state index is 15.0. The molecule has 0 fully saturated rings. The second kappa shape index (κ2) is 8.84. The lowest BCUT2D eigenvalue weighted by Gasteiger charge is -2.18. The number of hydrogen-bond acceptors (Lipinski definition) is 4. The van der Waals surface area contributed by atoms with Crippen molar-refractivity contribution >= 4 is 25.1 Å². The average Bonchev–Trinajstić information content (AvgIpc) is 3.37. The van der Waals surface area contributed by atoms with Crippen LogP contribution in [0.15, 0.2) is 48.8 Å². The van der Waals surface area contributed by atoms with Crippen LogP contribution in [0.3, 0.4) is 0 Å². The fourth-order valence-corrected chi connectivity index (χ4v) is 4.54. The minimum atomic E-state index is -1.34. The van der Waals surface area contributed by atoms with Crippen LogP contribution in [-0.4, -0.2) is 45.4 Å². The lowest BCUT2D eigenvalue weighted by Crippen LogP contribution is -2.22. The van der Waals surface area contributed by atoms with Gasteiger partial charge < -0.3 is 24.5 Å². The predicted molar refractivity (Wildman–Crippen MR) is 128 cm³/mol. The van der Waals surface area contributed by atoms with Crippen molar-refractivity contribution in [3.63, 3.8) is 0 Å². The molecule has 0 amide bonds. The Morgan fingerprint density at radius 3 is 2.73 bits per heavy atom. The monoisotopic (exact) mass is 467 g/mol. The first-order valence-electron chi connectivity index (χ1n) is 10.6. The number of halogens is 1. The van der Waals surface area contributed by atoms with Gasteiger partial charge in [0.05, 0.1) is 17.0 Å². The Labute approximate surface area is 191 Å². The summed E-state index contributed by atoms with van der Waals surface area (Å²) in [4.78, 5) is 19.6. The average molecular weight is 468 g/mol. The third-order valence-corrected chi connectivity index (χ3v) is 7.22. The van der Waals surface area contributed by atoms with Gasteiger partial charge in [0.2, 0.25) is 0 Å². The van der Waals surface area contributed by atoms with Crippen molar-refractivity contribution in [2.24, 2.45) is 0 Å². The highest BCUT2D eigenvalue weighted by molar-refractivity contribution is 6.76. The molecule has 7 nitrogen and oxygen atoms in total. The largest absolute Gasteiger partial charge is 0.505 e. The van der Waals surface area contributed by atoms with Gasteiger partial charge in [0.15, 0.2) is 11.6 Å². The number of aromatic amines is 1. The Morgan fingerprint density at radius 1 is 1.21 bits per heavy atom. The molecular weight excluding hydrogens is 441 g/mol. The third-order valence-electron chi connectivity index (χ3n) is 5.51. The van der Waals surface area contributed by atoms with E-state index in [2.05, 4.69) is 29.6 Å². The van der Waals surface area contributed by atoms with E-state index in [9.17, 15) is 19.4 Å². The molecule has 33 heavy (non-hydrogen) atoms. The summed E-state index contributed by atoms with van der Waals surface area (Å²) in [5.41, 5.74) is 2.01. The zero-order chi connectivity index (χ0) is 23.8. The number of carboxylic acid groups (broad SMARTS) is 1. The molecule has 1 aromatic carbocycles. The lowest BCUT2D eigenvalue weighted by atomic mass is 10.1. The molecule has 0 aliphatic heterocycles. The third kappa shape index (κ3) is 4.55. The molecule has 0 aliphatic rings. The van der Waals surface area contributed by atoms with Crippen LogP contribution in [0.2, 0.25) is 25.7 Å². The Morgan fingerprint density at radius 2 is 2.00 bits per heavy atom. The van der Waals surface area contributed by atoms with Crippen molar-refractivity contribution in [2.45, 2.75) is 32.4 Å². The van der Waals surface area contributed by atoms with Crippen molar-refractivity contribution in [1.29, 1.82) is 0 Å². The first kappa shape index (κ1) is 22.7. The highest BCUT2D eigenvalue weighted by atomic mass is 28.3. The summed E-state index contributed by atoms with van der Waals surface area (Å²) in [6.45, 7) is 7.27. The maximum atomic E-state index is 15.0. The Kier molecular flexibility index (Phi) is 6.09. The second-order valence-corrected chi connectivity index (χ2v) is 14.7. The van der Waals surface area contributed by atoms with Gasteiger partial charge in [-0.05, 0) is 36.4 Å². The fourth-order valence-electron chi connectivity index (χ4n) is 3.78. The molecule has 9 heteroatoms. The number of nitrogens with zero attached hydrogens (tertiary/aromatic N) is 2. The molecule has 0 saturated heterocycles. The van der Waals surface area contributed by atoms with Gasteiger partial charge in [-0.15, -0.1) is 0 Å². The van der Waals surface area contributed by atoms with Gasteiger partial charge in [0.25, 0.3) is 0 Å². The van der Waals surface area contributed by atoms with Crippen LogP contribution in [0.25, 0.3) is 33.5 Å². The number of carbonyl (C=O) groups is 1. The molecule has 0 bridgehead atoms. The number of hydrogen-bond donors (Lipinski definition) is 3. The molecule has 0 atom stereocenters. The van der Waals surface area contributed by atoms with Crippen molar-refractivity contribution < 1.29 is 24.1 Å². The van der Waals surface area contributed by atoms with Gasteiger partial charge in [-0.1, -0.05) is 25.7 Å². The predicted octanol–water partition coefficient (Wildman–Crippen LogP) is 5.55. The van der Waals surface area contributed by atoms with Crippen LogP contribution in [0, 0.1) is 5.82 Å². The number of phenols is 1. The molecule has 0 saturated carbocycles. The quantitative estimate of drug-likeness (QED) is 0.233. The minimum absolute atomic E-state index is 0.00758. The summed E-state index contributed by atoms with van der Waals surface area (Å²) >= 11 is 0. The Bertz CT molecular complexity index is 1320. The number of rotatable bonds is 8. The van der Waals surface area contributed by atoms with Crippen molar-refractivity contribution in [1.82, 2.24) is 14.5 Å². The van der Waals surface area contributed by atoms with Gasteiger partial charge in [0.1, 0.15) is 12.4 Å². The summed E-state index contributed by atoms with van der Waals surface area (Å²) in [6.07, 6.45) is 3.39. The van der Waals surface area contributed by atoms with E-state index in [1.54, 1.807) is 23.0 Å². The summed E-state index contributed by atoms with van der Waals surface area (Å²) in [7, 11) is -1.34. The highest BCUT2D eigenvalue weighted by Gasteiger charge is 2.26. The van der Waals surface area contributed by atoms with Gasteiger partial charge in [-0.3, -0.25) is 0 Å². The number of aromatic nitrogens is 3. The first-order valence-corrected chi connectivity index (χ1v) is 14.3. The van der Waals surface area contributed by atoms with Crippen LogP contribution in [0.4, 0.5) is 4.39 Å². The number of fused-ring (bicyclic) bond motifs is 1. The second-order valence-electron chi connectivity index (χ2n) is 9.11. The summed E-state index contributed by atoms with van der Waals surface area (Å²) in [5, 5.41) is 20.7. The summed E-state index contributed by atoms with van der Waals surface area (Å²) in [5.74, 6) is -2.63. The van der Waals surface area contributed by atoms with Crippen LogP contribution in [-0.2, 0) is 11.5 Å². The number of aromatic hydroxyl groups is 1. The van der Waals surface area contributed by atoms with Crippen LogP contribution in [0.5, 0.6) is 5.75 Å². The summed E-state index contributed by atoms with van der Waals surface area (Å²) < 4.78 is 22.6. The molecule has 0 unspecified atom stereocenters. The maximum Gasteiger partial charge on any atom is 0.337 e. The van der Waals surface area contributed by atoms with Crippen LogP contribution >= 0.6 is 0 Å². The van der Waals surface area contributed by atoms with Gasteiger partial charge in [-0.2, -0.15) is 0 Å². The van der Waals surface area contributed by atoms with E-state index in [1.807, 2.05) is 6.07 Å². The van der Waals surface area contributed by atoms with Crippen molar-refractivity contribution in [3.05, 3.63) is 60.2 Å². The number of pyridine rings is 1. The minimum Gasteiger partial charge on any atom is -0.505 e. The summed E-state index contributed by atoms with van der Waals surface area (Å²) in [6, 6.07) is 10.3. The number of phenolic OH excluding ortho intramolecular Hbond substituents is 1. The van der Waals surface area contributed by atoms with E-state index in [4.69, 9.17) is 4.74 Å². The number of ether oxygens (including phenoxy) is 1. The smallest absolute Gasteiger partial charge is 0.337 e. The van der Waals surface area contributed by atoms with E-state index < -0.39 is 25.6 Å². The molecule has 172 valence electrons. The zero-order valence-electron chi connectivity index (χ0n) is 18.7. The van der Waals surface area contributed by atoms with E-state index in [0.29, 0.717) is 17.9 Å². The van der Waals surface area contributed by atoms with Crippen LogP contribution in [0.1, 0.15) is 10.4 Å². The van der Waals surface area contributed by atoms with Crippen LogP contribution < -0.4 is 0 Å². The number of carboxylic acids is 1. The van der Waals surface area contributed by atoms with E-state index in [1.165, 1.54) is 24.3 Å². The number of nitrogens with one attached hydrogen (secondary N) is 1. The number of aromatic carboxylic acids is 1. The number of benzene rings is 1. The molecule has 3 aromatic heterocycles. The molecule has 0 aliphatic carbocycles. The molecular formula is C24H26FN3O4Si. The Hall–Kier alpha value is -3.43. The number of H-pyrrole nitrogens is 1. The standard InChI is InChI=1S/C24H26FN3O4Si/c1-33(2,3)12-11-32-14-28-19(15-7-9-26-23-16(15)8-10-27-23)13-18(24(30)31)22(28)17-5-4-6-20(29)21(17)25/h4-10,13,29H,11-12,14H2,1-3H3,(H,26,27)(H,30,31). The Balaban J connectivity index is 1.92. The SMILES string of the molecule is C[Si](C)(C)CCOCn1c(-c2ccnc3[nH]ccc23)cc(C(=O)O)c1-c1cccc(O)c1F. The first-order chi connectivity index (χ1) is 15.7. The van der Waals surface area contributed by atoms with Gasteiger partial charge >= 0.3 is 5.97 Å². The van der Waals surface area contributed by atoms with Gasteiger partial charge in [0, 0.05) is 43.6 Å². The fraction of sp³-hybridized carbons (Fsp3) is 0.250. The molecule has 0 spiro atoms. The molecule has 3 heterocycles. The normalized spacial score (nSPS) is 11.9. The highest BCUT2D eigenvalue weighted by Crippen LogP contribution is 2.38. The van der Waals surface area contributed by atoms with E-state index >= 15 is 0 Å². The van der Waals surface area contributed by atoms with E-state index in [0.717, 1.165) is 17.0 Å². The zero-order valence-corrected chi connectivity index (χ0v) is 19.7. The van der Waals surface area contributed by atoms with E-state index in [-0.39, 0.29) is 23.6 Å². The topological polar surface area (TPSA) is 100 Å².